The van der Waals surface area contributed by atoms with Crippen molar-refractivity contribution in [2.75, 3.05) is 13.7 Å². The van der Waals surface area contributed by atoms with Gasteiger partial charge in [-0.1, -0.05) is 6.08 Å². The summed E-state index contributed by atoms with van der Waals surface area (Å²) in [6.07, 6.45) is 6.20. The zero-order valence-corrected chi connectivity index (χ0v) is 18.3. The summed E-state index contributed by atoms with van der Waals surface area (Å²) in [6, 6.07) is 2.17. The van der Waals surface area contributed by atoms with Crippen molar-refractivity contribution in [2.45, 2.75) is 64.2 Å². The van der Waals surface area contributed by atoms with Crippen LogP contribution in [0.4, 0.5) is 4.79 Å². The number of aliphatic hydroxyl groups excluding tert-OH is 1. The summed E-state index contributed by atoms with van der Waals surface area (Å²) < 4.78 is 6.74. The lowest BCUT2D eigenvalue weighted by molar-refractivity contribution is -0.148. The number of pyridine rings is 1. The molecule has 0 unspecified atom stereocenters. The lowest BCUT2D eigenvalue weighted by Gasteiger charge is -2.38. The largest absolute Gasteiger partial charge is 0.469 e. The second kappa shape index (κ2) is 8.49. The van der Waals surface area contributed by atoms with Gasteiger partial charge in [-0.05, 0) is 57.2 Å². The number of nitrogens with one attached hydrogen (secondary N) is 1. The molecule has 3 aliphatic rings. The van der Waals surface area contributed by atoms with Crippen LogP contribution in [0.3, 0.4) is 0 Å². The molecule has 1 fully saturated rings. The first-order chi connectivity index (χ1) is 14.9. The molecule has 4 rings (SSSR count). The van der Waals surface area contributed by atoms with Crippen LogP contribution in [-0.4, -0.2) is 52.4 Å². The minimum Gasteiger partial charge on any atom is -0.469 e. The number of aliphatic hydroxyl groups is 1. The Morgan fingerprint density at radius 1 is 1.29 bits per heavy atom. The number of fused-ring (bicyclic) bond motifs is 4. The predicted molar refractivity (Wildman–Crippen MR) is 115 cm³/mol. The van der Waals surface area contributed by atoms with E-state index < -0.39 is 29.9 Å². The molecule has 3 heterocycles. The van der Waals surface area contributed by atoms with Gasteiger partial charge in [0.1, 0.15) is 0 Å². The summed E-state index contributed by atoms with van der Waals surface area (Å²) in [6.45, 7) is 3.71. The van der Waals surface area contributed by atoms with Crippen LogP contribution in [0.2, 0.25) is 0 Å². The molecule has 2 amide bonds. The number of urea groups is 1. The molecule has 0 radical (unpaired) electrons. The number of hydrogen-bond acceptors (Lipinski definition) is 5. The normalized spacial score (nSPS) is 27.0. The minimum atomic E-state index is -0.731. The molecule has 0 saturated carbocycles. The van der Waals surface area contributed by atoms with E-state index in [0.717, 1.165) is 31.3 Å². The molecule has 0 spiro atoms. The van der Waals surface area contributed by atoms with Gasteiger partial charge < -0.3 is 24.6 Å². The predicted octanol–water partition coefficient (Wildman–Crippen LogP) is 2.06. The van der Waals surface area contributed by atoms with E-state index in [9.17, 15) is 19.5 Å². The van der Waals surface area contributed by atoms with Gasteiger partial charge in [-0.3, -0.25) is 9.59 Å². The number of rotatable bonds is 4. The summed E-state index contributed by atoms with van der Waals surface area (Å²) in [5.41, 5.74) is 2.29. The third kappa shape index (κ3) is 3.56. The number of allylic oxidation sites excluding steroid dienone is 2. The molecule has 2 aliphatic heterocycles. The standard InChI is InChI=1S/C23H31N3O5/c1-13(2)24-23(30)26-18-11-25-17(20(26)19(16(18)12-27)22(29)31-3)10-9-15(21(25)28)14-7-5-4-6-8-14/h7,9-10,13,16,18-20,27H,4-6,8,11-12H2,1-3H3,(H,24,30)/t16-,18-,19+,20+/m0/s1. The van der Waals surface area contributed by atoms with Gasteiger partial charge >= 0.3 is 12.0 Å². The van der Waals surface area contributed by atoms with Crippen molar-refractivity contribution in [3.05, 3.63) is 39.8 Å². The summed E-state index contributed by atoms with van der Waals surface area (Å²) in [7, 11) is 1.31. The monoisotopic (exact) mass is 429 g/mol. The van der Waals surface area contributed by atoms with E-state index >= 15 is 0 Å². The van der Waals surface area contributed by atoms with Crippen LogP contribution in [0.1, 0.15) is 56.8 Å². The fraction of sp³-hybridized carbons (Fsp3) is 0.609. The Hall–Kier alpha value is -2.61. The summed E-state index contributed by atoms with van der Waals surface area (Å²) >= 11 is 0. The van der Waals surface area contributed by atoms with Crippen molar-refractivity contribution >= 4 is 17.6 Å². The number of esters is 1. The molecule has 1 aliphatic carbocycles. The highest BCUT2D eigenvalue weighted by atomic mass is 16.5. The maximum atomic E-state index is 13.5. The molecule has 2 N–H and O–H groups in total. The molecular weight excluding hydrogens is 398 g/mol. The summed E-state index contributed by atoms with van der Waals surface area (Å²) in [5.74, 6) is -1.72. The smallest absolute Gasteiger partial charge is 0.318 e. The Morgan fingerprint density at radius 2 is 2.06 bits per heavy atom. The van der Waals surface area contributed by atoms with E-state index in [4.69, 9.17) is 4.74 Å². The maximum absolute atomic E-state index is 13.5. The fourth-order valence-corrected chi connectivity index (χ4v) is 5.44. The third-order valence-corrected chi connectivity index (χ3v) is 6.80. The van der Waals surface area contributed by atoms with E-state index in [0.29, 0.717) is 11.3 Å². The first-order valence-corrected chi connectivity index (χ1v) is 11.1. The SMILES string of the molecule is COC(=O)[C@@H]1[C@@H](CO)[C@@H]2Cn3c(ccc(C4=CCCCC4)c3=O)[C@H]1N2C(=O)NC(C)C. The fourth-order valence-electron chi connectivity index (χ4n) is 5.44. The Balaban J connectivity index is 1.83. The number of carbonyl (C=O) groups is 2. The second-order valence-corrected chi connectivity index (χ2v) is 8.98. The molecule has 0 aromatic carbocycles. The molecular formula is C23H31N3O5. The summed E-state index contributed by atoms with van der Waals surface area (Å²) in [4.78, 5) is 40.9. The highest BCUT2D eigenvalue weighted by Crippen LogP contribution is 2.48. The molecule has 168 valence electrons. The molecule has 4 atom stereocenters. The van der Waals surface area contributed by atoms with Crippen LogP contribution in [0.25, 0.3) is 5.57 Å². The van der Waals surface area contributed by atoms with Gasteiger partial charge in [0.15, 0.2) is 0 Å². The zero-order valence-electron chi connectivity index (χ0n) is 18.3. The van der Waals surface area contributed by atoms with Crippen molar-refractivity contribution in [3.63, 3.8) is 0 Å². The highest BCUT2D eigenvalue weighted by Gasteiger charge is 2.58. The number of hydrogen-bond donors (Lipinski definition) is 2. The number of amides is 2. The van der Waals surface area contributed by atoms with Gasteiger partial charge in [0, 0.05) is 36.4 Å². The second-order valence-electron chi connectivity index (χ2n) is 8.98. The van der Waals surface area contributed by atoms with Crippen molar-refractivity contribution < 1.29 is 19.4 Å². The van der Waals surface area contributed by atoms with Gasteiger partial charge in [0.2, 0.25) is 0 Å². The van der Waals surface area contributed by atoms with Gasteiger partial charge in [-0.15, -0.1) is 0 Å². The van der Waals surface area contributed by atoms with Crippen LogP contribution < -0.4 is 10.9 Å². The van der Waals surface area contributed by atoms with E-state index in [1.807, 2.05) is 26.0 Å². The number of carbonyl (C=O) groups excluding carboxylic acids is 2. The van der Waals surface area contributed by atoms with Crippen LogP contribution in [0.5, 0.6) is 0 Å². The summed E-state index contributed by atoms with van der Waals surface area (Å²) in [5, 5.41) is 13.1. The van der Waals surface area contributed by atoms with E-state index in [1.54, 1.807) is 9.47 Å². The van der Waals surface area contributed by atoms with Crippen molar-refractivity contribution in [1.29, 1.82) is 0 Å². The van der Waals surface area contributed by atoms with Gasteiger partial charge in [0.05, 0.1) is 25.1 Å². The number of methoxy groups -OCH3 is 1. The van der Waals surface area contributed by atoms with E-state index in [1.165, 1.54) is 7.11 Å². The zero-order chi connectivity index (χ0) is 22.3. The number of nitrogens with zero attached hydrogens (tertiary/aromatic N) is 2. The highest BCUT2D eigenvalue weighted by molar-refractivity contribution is 5.81. The molecule has 1 saturated heterocycles. The Morgan fingerprint density at radius 3 is 2.68 bits per heavy atom. The first-order valence-electron chi connectivity index (χ1n) is 11.1. The van der Waals surface area contributed by atoms with E-state index in [2.05, 4.69) is 11.4 Å². The molecule has 1 aromatic rings. The minimum absolute atomic E-state index is 0.0826. The van der Waals surface area contributed by atoms with Crippen molar-refractivity contribution in [2.24, 2.45) is 11.8 Å². The average molecular weight is 430 g/mol. The Bertz CT molecular complexity index is 966. The quantitative estimate of drug-likeness (QED) is 0.714. The Kier molecular flexibility index (Phi) is 5.92. The number of aromatic nitrogens is 1. The Labute approximate surface area is 181 Å². The van der Waals surface area contributed by atoms with Gasteiger partial charge in [-0.25, -0.2) is 4.79 Å². The first kappa shape index (κ1) is 21.6. The molecule has 8 heteroatoms. The van der Waals surface area contributed by atoms with Crippen LogP contribution in [0.15, 0.2) is 23.0 Å². The lowest BCUT2D eigenvalue weighted by atomic mass is 9.87. The third-order valence-electron chi connectivity index (χ3n) is 6.80. The molecule has 8 nitrogen and oxygen atoms in total. The molecule has 2 bridgehead atoms. The van der Waals surface area contributed by atoms with Crippen LogP contribution in [-0.2, 0) is 16.1 Å². The van der Waals surface area contributed by atoms with Crippen molar-refractivity contribution in [1.82, 2.24) is 14.8 Å². The molecule has 31 heavy (non-hydrogen) atoms. The van der Waals surface area contributed by atoms with Crippen LogP contribution in [0, 0.1) is 11.8 Å². The van der Waals surface area contributed by atoms with Gasteiger partial charge in [0.25, 0.3) is 5.56 Å². The topological polar surface area (TPSA) is 101 Å². The van der Waals surface area contributed by atoms with Crippen LogP contribution >= 0.6 is 0 Å². The lowest BCUT2D eigenvalue weighted by Crippen LogP contribution is -2.53. The van der Waals surface area contributed by atoms with E-state index in [-0.39, 0.29) is 30.8 Å². The average Bonchev–Trinajstić information content (AvgIpc) is 3.01. The maximum Gasteiger partial charge on any atom is 0.318 e. The van der Waals surface area contributed by atoms with Crippen molar-refractivity contribution in [3.8, 4) is 0 Å². The van der Waals surface area contributed by atoms with Gasteiger partial charge in [-0.2, -0.15) is 0 Å². The molecule has 1 aromatic heterocycles. The number of ether oxygens (including phenoxy) is 1.